The molecule has 0 saturated heterocycles. The van der Waals surface area contributed by atoms with Crippen LogP contribution < -0.4 is 5.32 Å². The molecular weight excluding hydrogens is 258 g/mol. The number of carbonyl (C=O) groups is 1. The number of hydrogen-bond acceptors (Lipinski definition) is 2. The van der Waals surface area contributed by atoms with Crippen molar-refractivity contribution in [1.29, 1.82) is 0 Å². The van der Waals surface area contributed by atoms with Gasteiger partial charge in [0.15, 0.2) is 0 Å². The average Bonchev–Trinajstić information content (AvgIpc) is 2.26. The highest BCUT2D eigenvalue weighted by molar-refractivity contribution is 9.08. The van der Waals surface area contributed by atoms with Crippen LogP contribution in [0.4, 0.5) is 0 Å². The Morgan fingerprint density at radius 2 is 2.07 bits per heavy atom. The van der Waals surface area contributed by atoms with Crippen LogP contribution in [0, 0.1) is 0 Å². The second-order valence-electron chi connectivity index (χ2n) is 3.39. The van der Waals surface area contributed by atoms with Crippen molar-refractivity contribution in [3.63, 3.8) is 0 Å². The van der Waals surface area contributed by atoms with Gasteiger partial charge in [-0.3, -0.25) is 4.79 Å². The van der Waals surface area contributed by atoms with Crippen molar-refractivity contribution in [2.75, 3.05) is 6.54 Å². The highest BCUT2D eigenvalue weighted by atomic mass is 79.9. The Balaban J connectivity index is 2.58. The molecule has 1 amide bonds. The van der Waals surface area contributed by atoms with Gasteiger partial charge < -0.3 is 10.4 Å². The van der Waals surface area contributed by atoms with Crippen LogP contribution in [0.1, 0.15) is 22.8 Å². The summed E-state index contributed by atoms with van der Waals surface area (Å²) in [6.07, 6.45) is -0.518. The summed E-state index contributed by atoms with van der Waals surface area (Å²) < 4.78 is 0. The van der Waals surface area contributed by atoms with Gasteiger partial charge in [0.25, 0.3) is 5.91 Å². The SMILES string of the molecule is C[C@@H](O)CNC(=O)c1ccc(CBr)cc1. The van der Waals surface area contributed by atoms with Crippen LogP contribution in [-0.4, -0.2) is 23.7 Å². The molecule has 0 heterocycles. The third kappa shape index (κ3) is 4.01. The number of aliphatic hydroxyl groups is 1. The van der Waals surface area contributed by atoms with Crippen molar-refractivity contribution >= 4 is 21.8 Å². The van der Waals surface area contributed by atoms with Crippen LogP contribution in [0.2, 0.25) is 0 Å². The lowest BCUT2D eigenvalue weighted by molar-refractivity contribution is 0.0924. The number of carbonyl (C=O) groups excluding carboxylic acids is 1. The molecule has 0 aromatic heterocycles. The van der Waals surface area contributed by atoms with Gasteiger partial charge in [-0.2, -0.15) is 0 Å². The van der Waals surface area contributed by atoms with Gasteiger partial charge in [0.2, 0.25) is 0 Å². The molecule has 0 fully saturated rings. The molecule has 0 bridgehead atoms. The van der Waals surface area contributed by atoms with Crippen molar-refractivity contribution in [3.8, 4) is 0 Å². The van der Waals surface area contributed by atoms with E-state index in [1.54, 1.807) is 19.1 Å². The van der Waals surface area contributed by atoms with Crippen LogP contribution >= 0.6 is 15.9 Å². The number of halogens is 1. The van der Waals surface area contributed by atoms with E-state index in [2.05, 4.69) is 21.2 Å². The summed E-state index contributed by atoms with van der Waals surface area (Å²) in [7, 11) is 0. The predicted octanol–water partition coefficient (Wildman–Crippen LogP) is 1.69. The maximum atomic E-state index is 11.5. The summed E-state index contributed by atoms with van der Waals surface area (Å²) in [6, 6.07) is 7.33. The number of amides is 1. The van der Waals surface area contributed by atoms with Gasteiger partial charge in [-0.15, -0.1) is 0 Å². The molecule has 3 nitrogen and oxygen atoms in total. The lowest BCUT2D eigenvalue weighted by Crippen LogP contribution is -2.30. The number of benzene rings is 1. The molecule has 0 radical (unpaired) electrons. The molecule has 0 aliphatic carbocycles. The smallest absolute Gasteiger partial charge is 0.251 e. The summed E-state index contributed by atoms with van der Waals surface area (Å²) in [5.74, 6) is -0.156. The van der Waals surface area contributed by atoms with Gasteiger partial charge in [-0.25, -0.2) is 0 Å². The Bertz CT molecular complexity index is 322. The van der Waals surface area contributed by atoms with E-state index in [0.29, 0.717) is 5.56 Å². The molecule has 1 atom stereocenters. The van der Waals surface area contributed by atoms with Crippen molar-refractivity contribution in [1.82, 2.24) is 5.32 Å². The molecule has 15 heavy (non-hydrogen) atoms. The van der Waals surface area contributed by atoms with Gasteiger partial charge in [0.1, 0.15) is 0 Å². The molecule has 1 aromatic rings. The van der Waals surface area contributed by atoms with E-state index in [1.807, 2.05) is 12.1 Å². The van der Waals surface area contributed by atoms with Gasteiger partial charge in [0.05, 0.1) is 6.10 Å². The van der Waals surface area contributed by atoms with Crippen LogP contribution in [-0.2, 0) is 5.33 Å². The van der Waals surface area contributed by atoms with Gasteiger partial charge in [-0.1, -0.05) is 28.1 Å². The Morgan fingerprint density at radius 3 is 2.53 bits per heavy atom. The standard InChI is InChI=1S/C11H14BrNO2/c1-8(14)7-13-11(15)10-4-2-9(6-12)3-5-10/h2-5,8,14H,6-7H2,1H3,(H,13,15)/t8-/m1/s1. The Morgan fingerprint density at radius 1 is 1.47 bits per heavy atom. The third-order valence-electron chi connectivity index (χ3n) is 1.93. The van der Waals surface area contributed by atoms with E-state index in [4.69, 9.17) is 5.11 Å². The lowest BCUT2D eigenvalue weighted by Gasteiger charge is -2.07. The summed E-state index contributed by atoms with van der Waals surface area (Å²) >= 11 is 3.34. The first-order valence-corrected chi connectivity index (χ1v) is 5.87. The molecule has 0 spiro atoms. The van der Waals surface area contributed by atoms with Crippen molar-refractivity contribution in [2.45, 2.75) is 18.4 Å². The molecule has 4 heteroatoms. The summed E-state index contributed by atoms with van der Waals surface area (Å²) in [4.78, 5) is 11.5. The fourth-order valence-corrected chi connectivity index (χ4v) is 1.46. The number of hydrogen-bond donors (Lipinski definition) is 2. The topological polar surface area (TPSA) is 49.3 Å². The van der Waals surface area contributed by atoms with Crippen molar-refractivity contribution < 1.29 is 9.90 Å². The van der Waals surface area contributed by atoms with E-state index in [-0.39, 0.29) is 12.5 Å². The Labute approximate surface area is 97.6 Å². The molecule has 2 N–H and O–H groups in total. The van der Waals surface area contributed by atoms with E-state index in [0.717, 1.165) is 10.9 Å². The summed E-state index contributed by atoms with van der Waals surface area (Å²) in [5, 5.41) is 12.4. The third-order valence-corrected chi connectivity index (χ3v) is 2.58. The highest BCUT2D eigenvalue weighted by Crippen LogP contribution is 2.07. The van der Waals surface area contributed by atoms with Crippen molar-refractivity contribution in [3.05, 3.63) is 35.4 Å². The summed E-state index contributed by atoms with van der Waals surface area (Å²) in [5.41, 5.74) is 1.74. The largest absolute Gasteiger partial charge is 0.392 e. The average molecular weight is 272 g/mol. The quantitative estimate of drug-likeness (QED) is 0.819. The van der Waals surface area contributed by atoms with Gasteiger partial charge in [0, 0.05) is 17.4 Å². The van der Waals surface area contributed by atoms with E-state index in [9.17, 15) is 4.79 Å². The maximum Gasteiger partial charge on any atom is 0.251 e. The van der Waals surface area contributed by atoms with Crippen LogP contribution in [0.25, 0.3) is 0 Å². The number of rotatable bonds is 4. The normalized spacial score (nSPS) is 12.2. The van der Waals surface area contributed by atoms with Gasteiger partial charge >= 0.3 is 0 Å². The molecule has 1 aromatic carbocycles. The molecule has 0 aliphatic heterocycles. The molecule has 0 aliphatic rings. The monoisotopic (exact) mass is 271 g/mol. The Hall–Kier alpha value is -0.870. The molecule has 82 valence electrons. The van der Waals surface area contributed by atoms with Crippen LogP contribution in [0.5, 0.6) is 0 Å². The highest BCUT2D eigenvalue weighted by Gasteiger charge is 2.05. The second kappa shape index (κ2) is 5.88. The van der Waals surface area contributed by atoms with E-state index in [1.165, 1.54) is 0 Å². The minimum absolute atomic E-state index is 0.156. The van der Waals surface area contributed by atoms with Gasteiger partial charge in [-0.05, 0) is 24.6 Å². The molecule has 1 rings (SSSR count). The zero-order valence-corrected chi connectivity index (χ0v) is 10.1. The number of aliphatic hydroxyl groups excluding tert-OH is 1. The Kier molecular flexibility index (Phi) is 4.78. The van der Waals surface area contributed by atoms with Crippen molar-refractivity contribution in [2.24, 2.45) is 0 Å². The minimum Gasteiger partial charge on any atom is -0.392 e. The zero-order valence-electron chi connectivity index (χ0n) is 8.53. The zero-order chi connectivity index (χ0) is 11.3. The van der Waals surface area contributed by atoms with E-state index >= 15 is 0 Å². The molecule has 0 saturated carbocycles. The first-order chi connectivity index (χ1) is 7.13. The summed E-state index contributed by atoms with van der Waals surface area (Å²) in [6.45, 7) is 1.91. The van der Waals surface area contributed by atoms with E-state index < -0.39 is 6.10 Å². The predicted molar refractivity (Wildman–Crippen MR) is 63.1 cm³/mol. The number of nitrogens with one attached hydrogen (secondary N) is 1. The molecule has 0 unspecified atom stereocenters. The fraction of sp³-hybridized carbons (Fsp3) is 0.364. The lowest BCUT2D eigenvalue weighted by atomic mass is 10.1. The first kappa shape index (κ1) is 12.2. The van der Waals surface area contributed by atoms with Crippen LogP contribution in [0.3, 0.4) is 0 Å². The van der Waals surface area contributed by atoms with Crippen LogP contribution in [0.15, 0.2) is 24.3 Å². The fourth-order valence-electron chi connectivity index (χ4n) is 1.09. The number of alkyl halides is 1. The minimum atomic E-state index is -0.518. The molecular formula is C11H14BrNO2. The first-order valence-electron chi connectivity index (χ1n) is 4.74. The maximum absolute atomic E-state index is 11.5. The second-order valence-corrected chi connectivity index (χ2v) is 3.95.